The average Bonchev–Trinajstić information content (AvgIpc) is 3.61. The summed E-state index contributed by atoms with van der Waals surface area (Å²) in [4.78, 5) is 44.9. The van der Waals surface area contributed by atoms with E-state index in [1.165, 1.54) is 28.0 Å². The quantitative estimate of drug-likeness (QED) is 0.284. The summed E-state index contributed by atoms with van der Waals surface area (Å²) in [6.45, 7) is 4.07. The van der Waals surface area contributed by atoms with Crippen LogP contribution in [0.2, 0.25) is 0 Å². The van der Waals surface area contributed by atoms with Gasteiger partial charge in [0, 0.05) is 5.69 Å². The number of carbonyl (C=O) groups is 3. The third kappa shape index (κ3) is 3.70. The summed E-state index contributed by atoms with van der Waals surface area (Å²) in [5.41, 5.74) is 4.48. The van der Waals surface area contributed by atoms with Gasteiger partial charge in [0.15, 0.2) is 4.34 Å². The van der Waals surface area contributed by atoms with Gasteiger partial charge in [-0.15, -0.1) is 11.3 Å². The molecule has 6 nitrogen and oxygen atoms in total. The zero-order valence-corrected chi connectivity index (χ0v) is 21.1. The summed E-state index contributed by atoms with van der Waals surface area (Å²) in [5.74, 6) is 0.0151. The molecule has 2 heterocycles. The molecule has 3 amide bonds. The molecule has 2 bridgehead atoms. The Balaban J connectivity index is 1.16. The second kappa shape index (κ2) is 8.60. The highest BCUT2D eigenvalue weighted by atomic mass is 32.2. The minimum Gasteiger partial charge on any atom is -0.325 e. The number of thioether (sulfide) groups is 1. The number of imide groups is 1. The highest BCUT2D eigenvalue weighted by Crippen LogP contribution is 2.53. The molecule has 178 valence electrons. The predicted octanol–water partition coefficient (Wildman–Crippen LogP) is 5.21. The standard InChI is InChI=1S/C27H25N3O3S2/c1-3-15-6-4-5-14(2)24(15)29-21(31)13-34-27-28-19-10-9-18(12-20(19)35-27)30-25(32)22-16-7-8-17(11-16)23(22)26(30)33/h4-10,12,16-17,22-23H,3,11,13H2,1-2H3,(H,29,31)/t16-,17-,22-,23-/m0/s1. The number of aryl methyl sites for hydroxylation is 2. The number of benzene rings is 2. The molecule has 1 N–H and O–H groups in total. The molecular formula is C27H25N3O3S2. The van der Waals surface area contributed by atoms with Crippen molar-refractivity contribution >= 4 is 62.4 Å². The fourth-order valence-corrected chi connectivity index (χ4v) is 7.66. The monoisotopic (exact) mass is 503 g/mol. The third-order valence-electron chi connectivity index (χ3n) is 7.41. The maximum atomic E-state index is 13.1. The summed E-state index contributed by atoms with van der Waals surface area (Å²) in [6, 6.07) is 11.6. The van der Waals surface area contributed by atoms with Gasteiger partial charge >= 0.3 is 0 Å². The van der Waals surface area contributed by atoms with Crippen LogP contribution in [0.15, 0.2) is 52.9 Å². The number of allylic oxidation sites excluding steroid dienone is 2. The number of para-hydroxylation sites is 1. The van der Waals surface area contributed by atoms with E-state index in [0.29, 0.717) is 5.69 Å². The first kappa shape index (κ1) is 22.5. The van der Waals surface area contributed by atoms with Crippen LogP contribution < -0.4 is 10.2 Å². The van der Waals surface area contributed by atoms with E-state index in [-0.39, 0.29) is 47.1 Å². The van der Waals surface area contributed by atoms with Gasteiger partial charge in [-0.1, -0.05) is 49.0 Å². The molecule has 8 heteroatoms. The molecule has 3 aromatic rings. The molecule has 1 aliphatic heterocycles. The Kier molecular flexibility index (Phi) is 5.53. The first-order valence-electron chi connectivity index (χ1n) is 11.9. The second-order valence-electron chi connectivity index (χ2n) is 9.44. The molecule has 2 aliphatic carbocycles. The number of carbonyl (C=O) groups excluding carboxylic acids is 3. The first-order valence-corrected chi connectivity index (χ1v) is 13.7. The van der Waals surface area contributed by atoms with Crippen molar-refractivity contribution in [2.45, 2.75) is 31.0 Å². The highest BCUT2D eigenvalue weighted by molar-refractivity contribution is 8.01. The number of thiazole rings is 1. The lowest BCUT2D eigenvalue weighted by Gasteiger charge is -2.17. The Bertz CT molecular complexity index is 1380. The number of rotatable bonds is 6. The van der Waals surface area contributed by atoms with E-state index in [0.717, 1.165) is 44.2 Å². The van der Waals surface area contributed by atoms with Crippen molar-refractivity contribution in [1.29, 1.82) is 0 Å². The molecule has 1 saturated heterocycles. The van der Waals surface area contributed by atoms with Gasteiger partial charge in [0.05, 0.1) is 33.5 Å². The molecule has 35 heavy (non-hydrogen) atoms. The third-order valence-corrected chi connectivity index (χ3v) is 9.57. The fraction of sp³-hybridized carbons (Fsp3) is 0.333. The maximum absolute atomic E-state index is 13.1. The Morgan fingerprint density at radius 3 is 2.60 bits per heavy atom. The molecule has 4 atom stereocenters. The lowest BCUT2D eigenvalue weighted by atomic mass is 9.85. The van der Waals surface area contributed by atoms with Crippen LogP contribution in [0.3, 0.4) is 0 Å². The number of fused-ring (bicyclic) bond motifs is 6. The SMILES string of the molecule is CCc1cccc(C)c1NC(=O)CSc1nc2ccc(N3C(=O)[C@@H]4[C@@H](C3=O)[C@H]3C=C[C@H]4C3)cc2s1. The number of hydrogen-bond donors (Lipinski definition) is 1. The van der Waals surface area contributed by atoms with E-state index >= 15 is 0 Å². The first-order chi connectivity index (χ1) is 16.9. The topological polar surface area (TPSA) is 79.4 Å². The average molecular weight is 504 g/mol. The van der Waals surface area contributed by atoms with Crippen LogP contribution in [0.1, 0.15) is 24.5 Å². The second-order valence-corrected chi connectivity index (χ2v) is 11.7. The van der Waals surface area contributed by atoms with Crippen molar-refractivity contribution in [1.82, 2.24) is 4.98 Å². The predicted molar refractivity (Wildman–Crippen MR) is 140 cm³/mol. The molecule has 6 rings (SSSR count). The lowest BCUT2D eigenvalue weighted by molar-refractivity contribution is -0.123. The number of nitrogens with one attached hydrogen (secondary N) is 1. The molecule has 1 aromatic heterocycles. The van der Waals surface area contributed by atoms with Crippen LogP contribution in [0.4, 0.5) is 11.4 Å². The van der Waals surface area contributed by atoms with Crippen LogP contribution in [-0.2, 0) is 20.8 Å². The molecular weight excluding hydrogens is 478 g/mol. The summed E-state index contributed by atoms with van der Waals surface area (Å²) in [7, 11) is 0. The van der Waals surface area contributed by atoms with E-state index < -0.39 is 0 Å². The minimum atomic E-state index is -0.208. The minimum absolute atomic E-state index is 0.0676. The smallest absolute Gasteiger partial charge is 0.238 e. The molecule has 0 radical (unpaired) electrons. The largest absolute Gasteiger partial charge is 0.325 e. The Labute approximate surface area is 211 Å². The van der Waals surface area contributed by atoms with Gasteiger partial charge in [-0.05, 0) is 60.9 Å². The Hall–Kier alpha value is -2.97. The number of anilines is 2. The highest BCUT2D eigenvalue weighted by Gasteiger charge is 2.59. The summed E-state index contributed by atoms with van der Waals surface area (Å²) in [6.07, 6.45) is 5.99. The van der Waals surface area contributed by atoms with Crippen LogP contribution in [0, 0.1) is 30.6 Å². The van der Waals surface area contributed by atoms with Crippen LogP contribution in [-0.4, -0.2) is 28.5 Å². The van der Waals surface area contributed by atoms with E-state index in [2.05, 4.69) is 29.4 Å². The number of hydrogen-bond acceptors (Lipinski definition) is 6. The molecule has 0 unspecified atom stereocenters. The molecule has 2 aromatic carbocycles. The summed E-state index contributed by atoms with van der Waals surface area (Å²) < 4.78 is 1.68. The van der Waals surface area contributed by atoms with Crippen molar-refractivity contribution in [3.63, 3.8) is 0 Å². The Morgan fingerprint density at radius 1 is 1.14 bits per heavy atom. The van der Waals surface area contributed by atoms with Crippen molar-refractivity contribution in [3.05, 3.63) is 59.7 Å². The maximum Gasteiger partial charge on any atom is 0.238 e. The van der Waals surface area contributed by atoms with Gasteiger partial charge in [-0.2, -0.15) is 0 Å². The van der Waals surface area contributed by atoms with Gasteiger partial charge in [0.1, 0.15) is 0 Å². The van der Waals surface area contributed by atoms with Gasteiger partial charge < -0.3 is 5.32 Å². The zero-order valence-electron chi connectivity index (χ0n) is 19.5. The number of amides is 3. The Morgan fingerprint density at radius 2 is 1.89 bits per heavy atom. The van der Waals surface area contributed by atoms with Crippen LogP contribution in [0.5, 0.6) is 0 Å². The lowest BCUT2D eigenvalue weighted by Crippen LogP contribution is -2.32. The van der Waals surface area contributed by atoms with Crippen molar-refractivity contribution < 1.29 is 14.4 Å². The molecule has 3 aliphatic rings. The van der Waals surface area contributed by atoms with Crippen LogP contribution >= 0.6 is 23.1 Å². The number of aromatic nitrogens is 1. The van der Waals surface area contributed by atoms with Crippen molar-refractivity contribution in [3.8, 4) is 0 Å². The van der Waals surface area contributed by atoms with E-state index in [1.807, 2.05) is 37.3 Å². The molecule has 0 spiro atoms. The van der Waals surface area contributed by atoms with Gasteiger partial charge in [0.25, 0.3) is 0 Å². The van der Waals surface area contributed by atoms with E-state index in [1.54, 1.807) is 6.07 Å². The zero-order chi connectivity index (χ0) is 24.3. The normalized spacial score (nSPS) is 24.6. The molecule has 1 saturated carbocycles. The van der Waals surface area contributed by atoms with E-state index in [9.17, 15) is 14.4 Å². The van der Waals surface area contributed by atoms with E-state index in [4.69, 9.17) is 0 Å². The molecule has 2 fully saturated rings. The summed E-state index contributed by atoms with van der Waals surface area (Å²) >= 11 is 2.87. The van der Waals surface area contributed by atoms with Crippen molar-refractivity contribution in [2.75, 3.05) is 16.0 Å². The number of nitrogens with zero attached hydrogens (tertiary/aromatic N) is 2. The van der Waals surface area contributed by atoms with Crippen molar-refractivity contribution in [2.24, 2.45) is 23.7 Å². The summed E-state index contributed by atoms with van der Waals surface area (Å²) in [5, 5.41) is 3.05. The van der Waals surface area contributed by atoms with Gasteiger partial charge in [-0.3, -0.25) is 14.4 Å². The fourth-order valence-electron chi connectivity index (χ4n) is 5.75. The van der Waals surface area contributed by atoms with Crippen LogP contribution in [0.25, 0.3) is 10.2 Å². The van der Waals surface area contributed by atoms with Gasteiger partial charge in [-0.25, -0.2) is 9.88 Å². The van der Waals surface area contributed by atoms with Gasteiger partial charge in [0.2, 0.25) is 17.7 Å².